The molecule has 0 unspecified atom stereocenters. The Kier molecular flexibility index (Phi) is 4.81. The Morgan fingerprint density at radius 2 is 1.87 bits per heavy atom. The molecule has 5 heteroatoms. The third-order valence-electron chi connectivity index (χ3n) is 5.32. The first-order valence-electron chi connectivity index (χ1n) is 10.1. The molecule has 150 valence electrons. The molecule has 3 aromatic carbocycles. The first-order chi connectivity index (χ1) is 15.2. The van der Waals surface area contributed by atoms with Crippen LogP contribution in [0, 0.1) is 11.3 Å². The van der Waals surface area contributed by atoms with Crippen molar-refractivity contribution in [3.05, 3.63) is 95.1 Å². The molecule has 2 heterocycles. The van der Waals surface area contributed by atoms with Gasteiger partial charge in [0, 0.05) is 23.9 Å². The largest absolute Gasteiger partial charge is 0.492 e. The van der Waals surface area contributed by atoms with Crippen molar-refractivity contribution in [2.45, 2.75) is 12.8 Å². The van der Waals surface area contributed by atoms with Crippen molar-refractivity contribution in [1.82, 2.24) is 4.98 Å². The van der Waals surface area contributed by atoms with Crippen LogP contribution in [-0.4, -0.2) is 17.4 Å². The van der Waals surface area contributed by atoms with Gasteiger partial charge in [-0.25, -0.2) is 4.98 Å². The lowest BCUT2D eigenvalue weighted by atomic mass is 10.0. The highest BCUT2D eigenvalue weighted by Crippen LogP contribution is 2.32. The van der Waals surface area contributed by atoms with E-state index in [0.29, 0.717) is 48.0 Å². The van der Waals surface area contributed by atoms with Crippen LogP contribution in [0.3, 0.4) is 0 Å². The fourth-order valence-corrected chi connectivity index (χ4v) is 3.76. The molecule has 0 spiro atoms. The highest BCUT2D eigenvalue weighted by atomic mass is 16.5. The van der Waals surface area contributed by atoms with Gasteiger partial charge in [-0.05, 0) is 47.9 Å². The van der Waals surface area contributed by atoms with Gasteiger partial charge in [0.1, 0.15) is 11.5 Å². The van der Waals surface area contributed by atoms with Gasteiger partial charge in [-0.15, -0.1) is 0 Å². The number of hydrogen-bond donors (Lipinski definition) is 0. The summed E-state index contributed by atoms with van der Waals surface area (Å²) in [5, 5.41) is 10.1. The molecule has 0 N–H and O–H groups in total. The zero-order valence-corrected chi connectivity index (χ0v) is 16.7. The lowest BCUT2D eigenvalue weighted by Gasteiger charge is -2.17. The average molecular weight is 406 g/mol. The summed E-state index contributed by atoms with van der Waals surface area (Å²) in [6.45, 7) is 0.387. The molecular weight excluding hydrogens is 388 g/mol. The van der Waals surface area contributed by atoms with E-state index in [1.165, 1.54) is 0 Å². The molecule has 0 radical (unpaired) electrons. The number of ether oxygens (including phenoxy) is 2. The maximum Gasteiger partial charge on any atom is 0.220 e. The lowest BCUT2D eigenvalue weighted by Crippen LogP contribution is -2.15. The fraction of sp³-hybridized carbons (Fsp3) is 0.115. The van der Waals surface area contributed by atoms with E-state index in [4.69, 9.17) is 14.7 Å². The molecule has 0 saturated heterocycles. The minimum atomic E-state index is 0.0846. The summed E-state index contributed by atoms with van der Waals surface area (Å²) >= 11 is 0. The van der Waals surface area contributed by atoms with Crippen LogP contribution in [0.15, 0.2) is 72.8 Å². The molecule has 5 rings (SSSR count). The van der Waals surface area contributed by atoms with E-state index in [2.05, 4.69) is 11.1 Å². The Morgan fingerprint density at radius 3 is 2.71 bits per heavy atom. The standard InChI is InChI=1S/C26H18N2O3/c27-16-18-7-5-17(6-8-18)13-19-14-26(28-23-4-2-1-3-21(19)23)31-20-9-10-22-24(29)11-12-30-25(22)15-20/h1-10,14-15H,11-13H2. The smallest absolute Gasteiger partial charge is 0.220 e. The molecule has 0 fully saturated rings. The highest BCUT2D eigenvalue weighted by Gasteiger charge is 2.19. The normalized spacial score (nSPS) is 12.7. The number of carbonyl (C=O) groups excluding carboxylic acids is 1. The molecule has 0 atom stereocenters. The van der Waals surface area contributed by atoms with Gasteiger partial charge >= 0.3 is 0 Å². The molecule has 0 amide bonds. The molecule has 0 aliphatic carbocycles. The van der Waals surface area contributed by atoms with Crippen LogP contribution in [-0.2, 0) is 6.42 Å². The SMILES string of the molecule is N#Cc1ccc(Cc2cc(Oc3ccc4c(c3)OCCC4=O)nc3ccccc23)cc1. The average Bonchev–Trinajstić information content (AvgIpc) is 2.80. The summed E-state index contributed by atoms with van der Waals surface area (Å²) in [6.07, 6.45) is 1.09. The van der Waals surface area contributed by atoms with Crippen LogP contribution >= 0.6 is 0 Å². The molecule has 1 aromatic heterocycles. The second-order valence-electron chi connectivity index (χ2n) is 7.40. The van der Waals surface area contributed by atoms with Crippen LogP contribution in [0.5, 0.6) is 17.4 Å². The Morgan fingerprint density at radius 1 is 1.03 bits per heavy atom. The van der Waals surface area contributed by atoms with Crippen LogP contribution in [0.1, 0.15) is 33.5 Å². The summed E-state index contributed by atoms with van der Waals surface area (Å²) in [5.41, 5.74) is 4.25. The minimum absolute atomic E-state index is 0.0846. The minimum Gasteiger partial charge on any atom is -0.492 e. The first kappa shape index (κ1) is 18.8. The van der Waals surface area contributed by atoms with Gasteiger partial charge in [0.05, 0.1) is 29.3 Å². The van der Waals surface area contributed by atoms with Crippen molar-refractivity contribution >= 4 is 16.7 Å². The number of ketones is 1. The lowest BCUT2D eigenvalue weighted by molar-refractivity contribution is 0.0933. The zero-order chi connectivity index (χ0) is 21.2. The molecule has 0 bridgehead atoms. The number of hydrogen-bond acceptors (Lipinski definition) is 5. The number of Topliss-reactive ketones (excluding diaryl/α,β-unsaturated/α-hetero) is 1. The first-order valence-corrected chi connectivity index (χ1v) is 10.1. The van der Waals surface area contributed by atoms with E-state index < -0.39 is 0 Å². The quantitative estimate of drug-likeness (QED) is 0.450. The zero-order valence-electron chi connectivity index (χ0n) is 16.7. The number of benzene rings is 3. The van der Waals surface area contributed by atoms with Gasteiger partial charge in [-0.1, -0.05) is 30.3 Å². The van der Waals surface area contributed by atoms with Crippen molar-refractivity contribution in [3.8, 4) is 23.4 Å². The van der Waals surface area contributed by atoms with E-state index >= 15 is 0 Å². The van der Waals surface area contributed by atoms with Gasteiger partial charge in [-0.2, -0.15) is 5.26 Å². The van der Waals surface area contributed by atoms with Crippen molar-refractivity contribution in [3.63, 3.8) is 0 Å². The van der Waals surface area contributed by atoms with Gasteiger partial charge in [-0.3, -0.25) is 4.79 Å². The second kappa shape index (κ2) is 7.92. The number of fused-ring (bicyclic) bond motifs is 2. The predicted molar refractivity (Wildman–Crippen MR) is 117 cm³/mol. The molecule has 0 saturated carbocycles. The number of aromatic nitrogens is 1. The van der Waals surface area contributed by atoms with Crippen LogP contribution in [0.25, 0.3) is 10.9 Å². The van der Waals surface area contributed by atoms with E-state index in [0.717, 1.165) is 22.0 Å². The second-order valence-corrected chi connectivity index (χ2v) is 7.40. The summed E-state index contributed by atoms with van der Waals surface area (Å²) < 4.78 is 11.7. The van der Waals surface area contributed by atoms with E-state index in [-0.39, 0.29) is 5.78 Å². The third-order valence-corrected chi connectivity index (χ3v) is 5.32. The Labute approximate surface area is 179 Å². The highest BCUT2D eigenvalue weighted by molar-refractivity contribution is 5.99. The monoisotopic (exact) mass is 406 g/mol. The van der Waals surface area contributed by atoms with Gasteiger partial charge in [0.25, 0.3) is 0 Å². The van der Waals surface area contributed by atoms with Crippen molar-refractivity contribution in [2.24, 2.45) is 0 Å². The maximum absolute atomic E-state index is 12.0. The van der Waals surface area contributed by atoms with Crippen LogP contribution in [0.2, 0.25) is 0 Å². The van der Waals surface area contributed by atoms with Crippen LogP contribution in [0.4, 0.5) is 0 Å². The Balaban J connectivity index is 1.49. The number of nitrogens with zero attached hydrogens (tertiary/aromatic N) is 2. The molecule has 1 aliphatic heterocycles. The third kappa shape index (κ3) is 3.84. The summed E-state index contributed by atoms with van der Waals surface area (Å²) in [5.74, 6) is 1.68. The van der Waals surface area contributed by atoms with Crippen molar-refractivity contribution in [2.75, 3.05) is 6.61 Å². The number of rotatable bonds is 4. The molecule has 1 aliphatic rings. The van der Waals surface area contributed by atoms with Crippen molar-refractivity contribution in [1.29, 1.82) is 5.26 Å². The summed E-state index contributed by atoms with van der Waals surface area (Å²) in [6, 6.07) is 24.8. The van der Waals surface area contributed by atoms with E-state index in [1.807, 2.05) is 54.6 Å². The topological polar surface area (TPSA) is 72.2 Å². The Hall–Kier alpha value is -4.17. The molecular formula is C26H18N2O3. The number of carbonyl (C=O) groups is 1. The van der Waals surface area contributed by atoms with Crippen molar-refractivity contribution < 1.29 is 14.3 Å². The van der Waals surface area contributed by atoms with E-state index in [9.17, 15) is 4.79 Å². The summed E-state index contributed by atoms with van der Waals surface area (Å²) in [7, 11) is 0. The van der Waals surface area contributed by atoms with Gasteiger partial charge < -0.3 is 9.47 Å². The van der Waals surface area contributed by atoms with Crippen LogP contribution < -0.4 is 9.47 Å². The number of pyridine rings is 1. The fourth-order valence-electron chi connectivity index (χ4n) is 3.76. The Bertz CT molecular complexity index is 1340. The predicted octanol–water partition coefficient (Wildman–Crippen LogP) is 5.45. The maximum atomic E-state index is 12.0. The summed E-state index contributed by atoms with van der Waals surface area (Å²) in [4.78, 5) is 16.7. The molecule has 4 aromatic rings. The molecule has 31 heavy (non-hydrogen) atoms. The van der Waals surface area contributed by atoms with E-state index in [1.54, 1.807) is 18.2 Å². The van der Waals surface area contributed by atoms with Gasteiger partial charge in [0.15, 0.2) is 5.78 Å². The molecule has 5 nitrogen and oxygen atoms in total. The van der Waals surface area contributed by atoms with Gasteiger partial charge in [0.2, 0.25) is 5.88 Å². The number of para-hydroxylation sites is 1. The number of nitriles is 1.